The van der Waals surface area contributed by atoms with Crippen molar-refractivity contribution < 1.29 is 18.0 Å². The first-order valence-electron chi connectivity index (χ1n) is 10.7. The highest BCUT2D eigenvalue weighted by atomic mass is 32.2. The number of fused-ring (bicyclic) bond motifs is 1. The zero-order valence-electron chi connectivity index (χ0n) is 18.2. The maximum absolute atomic E-state index is 13.4. The molecule has 0 saturated carbocycles. The van der Waals surface area contributed by atoms with E-state index in [-0.39, 0.29) is 36.0 Å². The number of carbonyl (C=O) groups is 2. The molecule has 8 heteroatoms. The minimum atomic E-state index is -3.07. The summed E-state index contributed by atoms with van der Waals surface area (Å²) in [5, 5.41) is 4.93. The lowest BCUT2D eigenvalue weighted by molar-refractivity contribution is -0.132. The van der Waals surface area contributed by atoms with Crippen molar-refractivity contribution in [1.29, 1.82) is 0 Å². The maximum atomic E-state index is 13.4. The van der Waals surface area contributed by atoms with Crippen molar-refractivity contribution in [3.8, 4) is 0 Å². The molecule has 0 radical (unpaired) electrons. The largest absolute Gasteiger partial charge is 0.326 e. The quantitative estimate of drug-likeness (QED) is 0.694. The van der Waals surface area contributed by atoms with Gasteiger partial charge in [-0.25, -0.2) is 18.1 Å². The summed E-state index contributed by atoms with van der Waals surface area (Å²) in [5.74, 6) is 0.185. The van der Waals surface area contributed by atoms with Gasteiger partial charge in [-0.15, -0.1) is 0 Å². The van der Waals surface area contributed by atoms with E-state index >= 15 is 0 Å². The Hall–Kier alpha value is -2.45. The van der Waals surface area contributed by atoms with Gasteiger partial charge in [0.25, 0.3) is 5.91 Å². The van der Waals surface area contributed by atoms with Gasteiger partial charge in [-0.2, -0.15) is 0 Å². The predicted octanol–water partition coefficient (Wildman–Crippen LogP) is 2.71. The summed E-state index contributed by atoms with van der Waals surface area (Å²) in [4.78, 5) is 29.5. The van der Waals surface area contributed by atoms with E-state index in [1.54, 1.807) is 6.92 Å². The van der Waals surface area contributed by atoms with E-state index in [0.717, 1.165) is 16.3 Å². The Kier molecular flexibility index (Phi) is 5.55. The fourth-order valence-corrected chi connectivity index (χ4v) is 6.32. The molecule has 2 aliphatic heterocycles. The number of hydrogen-bond acceptors (Lipinski definition) is 5. The zero-order chi connectivity index (χ0) is 22.4. The Labute approximate surface area is 183 Å². The molecule has 2 aromatic rings. The van der Waals surface area contributed by atoms with E-state index in [1.165, 1.54) is 4.90 Å². The van der Waals surface area contributed by atoms with Crippen molar-refractivity contribution in [2.45, 2.75) is 38.8 Å². The molecule has 2 atom stereocenters. The third-order valence-corrected chi connectivity index (χ3v) is 8.00. The smallest absolute Gasteiger partial charge is 0.319 e. The van der Waals surface area contributed by atoms with Crippen LogP contribution in [0.5, 0.6) is 0 Å². The summed E-state index contributed by atoms with van der Waals surface area (Å²) < 4.78 is 24.0. The zero-order valence-corrected chi connectivity index (χ0v) is 19.0. The molecular weight excluding hydrogens is 414 g/mol. The van der Waals surface area contributed by atoms with Gasteiger partial charge in [0, 0.05) is 12.6 Å². The lowest BCUT2D eigenvalue weighted by Crippen LogP contribution is -2.48. The van der Waals surface area contributed by atoms with Crippen LogP contribution < -0.4 is 5.32 Å². The second-order valence-corrected chi connectivity index (χ2v) is 11.4. The molecule has 0 aliphatic carbocycles. The monoisotopic (exact) mass is 443 g/mol. The molecule has 2 fully saturated rings. The second kappa shape index (κ2) is 7.91. The van der Waals surface area contributed by atoms with Gasteiger partial charge in [-0.3, -0.25) is 9.69 Å². The molecule has 31 heavy (non-hydrogen) atoms. The first-order chi connectivity index (χ1) is 14.6. The Morgan fingerprint density at radius 3 is 2.52 bits per heavy atom. The molecule has 1 N–H and O–H groups in total. The summed E-state index contributed by atoms with van der Waals surface area (Å²) in [6, 6.07) is 13.0. The molecule has 4 rings (SSSR count). The number of hydrogen-bond donors (Lipinski definition) is 1. The van der Waals surface area contributed by atoms with E-state index < -0.39 is 21.4 Å². The topological polar surface area (TPSA) is 86.8 Å². The number of imide groups is 1. The van der Waals surface area contributed by atoms with Gasteiger partial charge in [-0.05, 0) is 41.7 Å². The molecule has 2 aliphatic rings. The highest BCUT2D eigenvalue weighted by Crippen LogP contribution is 2.32. The van der Waals surface area contributed by atoms with E-state index in [2.05, 4.69) is 5.32 Å². The third kappa shape index (κ3) is 4.19. The summed E-state index contributed by atoms with van der Waals surface area (Å²) in [6.45, 7) is 6.52. The molecule has 2 unspecified atom stereocenters. The molecule has 0 aromatic heterocycles. The molecule has 7 nitrogen and oxygen atoms in total. The average Bonchev–Trinajstić information content (AvgIpc) is 3.18. The van der Waals surface area contributed by atoms with Gasteiger partial charge in [-0.1, -0.05) is 50.2 Å². The maximum Gasteiger partial charge on any atom is 0.326 e. The van der Waals surface area contributed by atoms with Crippen molar-refractivity contribution in [2.24, 2.45) is 5.92 Å². The minimum absolute atomic E-state index is 0.0747. The van der Waals surface area contributed by atoms with E-state index in [0.29, 0.717) is 13.0 Å². The first-order valence-corrected chi connectivity index (χ1v) is 12.5. The Bertz CT molecular complexity index is 1130. The van der Waals surface area contributed by atoms with Gasteiger partial charge in [0.1, 0.15) is 5.54 Å². The summed E-state index contributed by atoms with van der Waals surface area (Å²) in [6.07, 6.45) is 0.528. The lowest BCUT2D eigenvalue weighted by atomic mass is 9.90. The second-order valence-electron chi connectivity index (χ2n) is 9.21. The number of benzene rings is 2. The average molecular weight is 444 g/mol. The van der Waals surface area contributed by atoms with Crippen molar-refractivity contribution in [2.75, 3.05) is 24.7 Å². The Balaban J connectivity index is 1.60. The molecule has 2 saturated heterocycles. The van der Waals surface area contributed by atoms with Crippen LogP contribution in [-0.2, 0) is 20.2 Å². The highest BCUT2D eigenvalue weighted by Gasteiger charge is 2.50. The van der Waals surface area contributed by atoms with Crippen LogP contribution in [0.15, 0.2) is 42.5 Å². The minimum Gasteiger partial charge on any atom is -0.319 e. The van der Waals surface area contributed by atoms with Crippen LogP contribution >= 0.6 is 0 Å². The van der Waals surface area contributed by atoms with Gasteiger partial charge >= 0.3 is 6.03 Å². The van der Waals surface area contributed by atoms with E-state index in [4.69, 9.17) is 0 Å². The van der Waals surface area contributed by atoms with Crippen molar-refractivity contribution >= 4 is 32.5 Å². The van der Waals surface area contributed by atoms with Gasteiger partial charge in [0.05, 0.1) is 18.2 Å². The summed E-state index contributed by atoms with van der Waals surface area (Å²) >= 11 is 0. The Morgan fingerprint density at radius 2 is 1.87 bits per heavy atom. The van der Waals surface area contributed by atoms with Crippen molar-refractivity contribution in [3.63, 3.8) is 0 Å². The lowest BCUT2D eigenvalue weighted by Gasteiger charge is -2.32. The van der Waals surface area contributed by atoms with Crippen LogP contribution in [-0.4, -0.2) is 60.9 Å². The fraction of sp³-hybridized carbons (Fsp3) is 0.478. The molecule has 0 spiro atoms. The molecule has 2 heterocycles. The number of amides is 3. The van der Waals surface area contributed by atoms with Crippen LogP contribution in [0.3, 0.4) is 0 Å². The molecule has 0 bridgehead atoms. The number of sulfone groups is 1. The number of urea groups is 1. The molecule has 166 valence electrons. The standard InChI is InChI=1S/C23H29N3O4S/c1-16(2)13-25(20-10-11-31(29,30)14-20)15-26-21(27)23(3,24-22(26)28)19-9-8-17-6-4-5-7-18(17)12-19/h4-9,12,16,20H,10-11,13-15H2,1-3H3,(H,24,28). The van der Waals surface area contributed by atoms with Crippen LogP contribution in [0.4, 0.5) is 4.79 Å². The summed E-state index contributed by atoms with van der Waals surface area (Å²) in [7, 11) is -3.07. The van der Waals surface area contributed by atoms with E-state index in [1.807, 2.05) is 61.2 Å². The van der Waals surface area contributed by atoms with Gasteiger partial charge in [0.15, 0.2) is 9.84 Å². The van der Waals surface area contributed by atoms with Crippen LogP contribution in [0.25, 0.3) is 10.8 Å². The van der Waals surface area contributed by atoms with Crippen molar-refractivity contribution in [1.82, 2.24) is 15.1 Å². The van der Waals surface area contributed by atoms with E-state index in [9.17, 15) is 18.0 Å². The van der Waals surface area contributed by atoms with Crippen LogP contribution in [0.1, 0.15) is 32.8 Å². The predicted molar refractivity (Wildman–Crippen MR) is 120 cm³/mol. The first kappa shape index (κ1) is 21.8. The van der Waals surface area contributed by atoms with Gasteiger partial charge in [0.2, 0.25) is 0 Å². The SMILES string of the molecule is CC(C)CN(CN1C(=O)NC(C)(c2ccc3ccccc3c2)C1=O)C1CCS(=O)(=O)C1. The summed E-state index contributed by atoms with van der Waals surface area (Å²) in [5.41, 5.74) is -0.433. The van der Waals surface area contributed by atoms with Crippen LogP contribution in [0.2, 0.25) is 0 Å². The normalized spacial score (nSPS) is 25.7. The van der Waals surface area contributed by atoms with Crippen molar-refractivity contribution in [3.05, 3.63) is 48.0 Å². The van der Waals surface area contributed by atoms with Gasteiger partial charge < -0.3 is 5.32 Å². The highest BCUT2D eigenvalue weighted by molar-refractivity contribution is 7.91. The molecule has 3 amide bonds. The number of rotatable bonds is 6. The molecular formula is C23H29N3O4S. The number of carbonyl (C=O) groups excluding carboxylic acids is 2. The molecule has 2 aromatic carbocycles. The third-order valence-electron chi connectivity index (χ3n) is 6.25. The number of nitrogens with zero attached hydrogens (tertiary/aromatic N) is 2. The number of nitrogens with one attached hydrogen (secondary N) is 1. The fourth-order valence-electron chi connectivity index (χ4n) is 4.56. The Morgan fingerprint density at radius 1 is 1.16 bits per heavy atom. The van der Waals surface area contributed by atoms with Crippen LogP contribution in [0, 0.1) is 5.92 Å².